The van der Waals surface area contributed by atoms with Gasteiger partial charge in [-0.15, -0.1) is 0 Å². The number of nitrogens with one attached hydrogen (secondary N) is 1. The summed E-state index contributed by atoms with van der Waals surface area (Å²) in [5.74, 6) is 0. The van der Waals surface area contributed by atoms with Crippen molar-refractivity contribution < 1.29 is 8.42 Å². The maximum Gasteiger partial charge on any atom is 0.262 e. The second-order valence-corrected chi connectivity index (χ2v) is 7.76. The van der Waals surface area contributed by atoms with Gasteiger partial charge in [0.1, 0.15) is 0 Å². The van der Waals surface area contributed by atoms with Gasteiger partial charge < -0.3 is 0 Å². The highest BCUT2D eigenvalue weighted by molar-refractivity contribution is 7.92. The molecule has 0 saturated heterocycles. The fraction of sp³-hybridized carbons (Fsp3) is 0.294. The van der Waals surface area contributed by atoms with Crippen LogP contribution in [0.2, 0.25) is 0 Å². The number of hydrogen-bond donors (Lipinski definition) is 1. The van der Waals surface area contributed by atoms with Crippen molar-refractivity contribution in [1.29, 1.82) is 0 Å². The van der Waals surface area contributed by atoms with E-state index in [2.05, 4.69) is 14.8 Å². The zero-order valence-electron chi connectivity index (χ0n) is 14.4. The van der Waals surface area contributed by atoms with Crippen LogP contribution in [0.15, 0.2) is 29.3 Å². The zero-order valence-corrected chi connectivity index (χ0v) is 15.2. The summed E-state index contributed by atoms with van der Waals surface area (Å²) < 4.78 is 30.0. The summed E-state index contributed by atoms with van der Waals surface area (Å²) in [7, 11) is -1.87. The van der Waals surface area contributed by atoms with E-state index in [-0.39, 0.29) is 0 Å². The number of benzene rings is 1. The largest absolute Gasteiger partial charge is 0.278 e. The molecule has 1 aromatic carbocycles. The van der Waals surface area contributed by atoms with Gasteiger partial charge in [0, 0.05) is 12.4 Å². The number of hydrogen-bond acceptors (Lipinski definition) is 4. The third-order valence-corrected chi connectivity index (χ3v) is 5.67. The molecule has 0 radical (unpaired) electrons. The average molecular weight is 344 g/mol. The van der Waals surface area contributed by atoms with Gasteiger partial charge in [0.25, 0.3) is 10.0 Å². The summed E-state index contributed by atoms with van der Waals surface area (Å²) in [4.78, 5) is 4.63. The Morgan fingerprint density at radius 3 is 2.29 bits per heavy atom. The first-order chi connectivity index (χ1) is 11.2. The lowest BCUT2D eigenvalue weighted by Gasteiger charge is -2.13. The van der Waals surface area contributed by atoms with Gasteiger partial charge in [-0.25, -0.2) is 13.4 Å². The molecule has 2 aromatic heterocycles. The van der Waals surface area contributed by atoms with Crippen LogP contribution in [0.25, 0.3) is 11.0 Å². The number of anilines is 1. The molecule has 0 aliphatic heterocycles. The van der Waals surface area contributed by atoms with Crippen molar-refractivity contribution in [3.8, 4) is 0 Å². The van der Waals surface area contributed by atoms with Gasteiger partial charge in [-0.3, -0.25) is 9.40 Å². The second-order valence-electron chi connectivity index (χ2n) is 6.14. The monoisotopic (exact) mass is 344 g/mol. The third kappa shape index (κ3) is 2.75. The molecular formula is C17H20N4O2S. The molecule has 3 rings (SSSR count). The van der Waals surface area contributed by atoms with Crippen molar-refractivity contribution in [3.63, 3.8) is 0 Å². The van der Waals surface area contributed by atoms with E-state index < -0.39 is 10.0 Å². The van der Waals surface area contributed by atoms with Crippen LogP contribution in [0, 0.1) is 27.7 Å². The van der Waals surface area contributed by atoms with Crippen LogP contribution < -0.4 is 4.72 Å². The van der Waals surface area contributed by atoms with Gasteiger partial charge >= 0.3 is 0 Å². The number of rotatable bonds is 3. The molecule has 3 aromatic rings. The summed E-state index contributed by atoms with van der Waals surface area (Å²) in [5, 5.41) is 5.13. The molecule has 0 atom stereocenters. The summed E-state index contributed by atoms with van der Waals surface area (Å²) in [6.45, 7) is 7.44. The first-order valence-corrected chi connectivity index (χ1v) is 9.07. The lowest BCUT2D eigenvalue weighted by atomic mass is 10.1. The summed E-state index contributed by atoms with van der Waals surface area (Å²) in [6, 6.07) is 5.50. The van der Waals surface area contributed by atoms with Gasteiger partial charge in [0.15, 0.2) is 5.65 Å². The smallest absolute Gasteiger partial charge is 0.262 e. The molecule has 0 spiro atoms. The number of fused-ring (bicyclic) bond motifs is 1. The van der Waals surface area contributed by atoms with Gasteiger partial charge in [0.2, 0.25) is 0 Å². The van der Waals surface area contributed by atoms with Crippen molar-refractivity contribution in [1.82, 2.24) is 14.8 Å². The van der Waals surface area contributed by atoms with Crippen LogP contribution in [-0.4, -0.2) is 23.2 Å². The van der Waals surface area contributed by atoms with Crippen LogP contribution in [-0.2, 0) is 17.1 Å². The van der Waals surface area contributed by atoms with Crippen molar-refractivity contribution in [2.75, 3.05) is 4.72 Å². The van der Waals surface area contributed by atoms with Crippen LogP contribution in [0.3, 0.4) is 0 Å². The predicted octanol–water partition coefficient (Wildman–Crippen LogP) is 3.00. The Bertz CT molecular complexity index is 1030. The third-order valence-electron chi connectivity index (χ3n) is 3.99. The van der Waals surface area contributed by atoms with E-state index in [1.807, 2.05) is 33.0 Å². The number of pyridine rings is 1. The van der Waals surface area contributed by atoms with E-state index in [0.29, 0.717) is 10.6 Å². The molecule has 0 bridgehead atoms. The minimum Gasteiger partial charge on any atom is -0.278 e. The van der Waals surface area contributed by atoms with Crippen LogP contribution in [0.5, 0.6) is 0 Å². The molecule has 0 unspecified atom stereocenters. The summed E-state index contributed by atoms with van der Waals surface area (Å²) >= 11 is 0. The maximum absolute atomic E-state index is 12.8. The first kappa shape index (κ1) is 16.4. The van der Waals surface area contributed by atoms with E-state index >= 15 is 0 Å². The second kappa shape index (κ2) is 5.59. The quantitative estimate of drug-likeness (QED) is 0.792. The molecule has 1 N–H and O–H groups in total. The van der Waals surface area contributed by atoms with Crippen molar-refractivity contribution in [3.05, 3.63) is 46.8 Å². The van der Waals surface area contributed by atoms with E-state index in [1.54, 1.807) is 24.6 Å². The average Bonchev–Trinajstić information content (AvgIpc) is 2.71. The molecule has 2 heterocycles. The molecule has 7 heteroatoms. The van der Waals surface area contributed by atoms with Crippen LogP contribution in [0.1, 0.15) is 22.4 Å². The molecule has 0 saturated carbocycles. The Balaban J connectivity index is 2.06. The Morgan fingerprint density at radius 2 is 1.67 bits per heavy atom. The number of nitrogens with zero attached hydrogens (tertiary/aromatic N) is 3. The van der Waals surface area contributed by atoms with Crippen molar-refractivity contribution >= 4 is 26.7 Å². The summed E-state index contributed by atoms with van der Waals surface area (Å²) in [6.07, 6.45) is 1.51. The Kier molecular flexibility index (Phi) is 3.83. The van der Waals surface area contributed by atoms with Gasteiger partial charge in [-0.05, 0) is 44.9 Å². The fourth-order valence-electron chi connectivity index (χ4n) is 3.16. The SMILES string of the molecule is Cc1cc(C)c(S(=O)(=O)Nc2cnc3c(c2)c(C)nn3C)c(C)c1. The van der Waals surface area contributed by atoms with E-state index in [9.17, 15) is 8.42 Å². The van der Waals surface area contributed by atoms with Gasteiger partial charge in [-0.2, -0.15) is 5.10 Å². The Morgan fingerprint density at radius 1 is 1.04 bits per heavy atom. The zero-order chi connectivity index (χ0) is 17.6. The predicted molar refractivity (Wildman–Crippen MR) is 94.7 cm³/mol. The minimum absolute atomic E-state index is 0.316. The minimum atomic E-state index is -3.68. The molecule has 126 valence electrons. The lowest BCUT2D eigenvalue weighted by molar-refractivity contribution is 0.600. The van der Waals surface area contributed by atoms with Crippen LogP contribution >= 0.6 is 0 Å². The molecule has 6 nitrogen and oxygen atoms in total. The van der Waals surface area contributed by atoms with E-state index in [0.717, 1.165) is 33.4 Å². The molecule has 0 aliphatic rings. The standard InChI is InChI=1S/C17H20N4O2S/c1-10-6-11(2)16(12(3)7-10)24(22,23)20-14-8-15-13(4)19-21(5)17(15)18-9-14/h6-9,20H,1-5H3. The topological polar surface area (TPSA) is 76.9 Å². The molecule has 0 fully saturated rings. The summed E-state index contributed by atoms with van der Waals surface area (Å²) in [5.41, 5.74) is 4.45. The number of sulfonamides is 1. The van der Waals surface area contributed by atoms with E-state index in [1.165, 1.54) is 6.20 Å². The molecule has 24 heavy (non-hydrogen) atoms. The first-order valence-electron chi connectivity index (χ1n) is 7.59. The van der Waals surface area contributed by atoms with E-state index in [4.69, 9.17) is 0 Å². The Hall–Kier alpha value is -2.41. The molecule has 0 amide bonds. The van der Waals surface area contributed by atoms with Crippen molar-refractivity contribution in [2.24, 2.45) is 7.05 Å². The highest BCUT2D eigenvalue weighted by Gasteiger charge is 2.20. The lowest BCUT2D eigenvalue weighted by Crippen LogP contribution is -2.16. The number of aromatic nitrogens is 3. The van der Waals surface area contributed by atoms with Gasteiger partial charge in [0.05, 0.1) is 22.5 Å². The van der Waals surface area contributed by atoms with Gasteiger partial charge in [-0.1, -0.05) is 17.7 Å². The maximum atomic E-state index is 12.8. The molecule has 0 aliphatic carbocycles. The highest BCUT2D eigenvalue weighted by Crippen LogP contribution is 2.26. The normalized spacial score (nSPS) is 11.9. The Labute approximate surface area is 141 Å². The van der Waals surface area contributed by atoms with Crippen molar-refractivity contribution in [2.45, 2.75) is 32.6 Å². The highest BCUT2D eigenvalue weighted by atomic mass is 32.2. The fourth-order valence-corrected chi connectivity index (χ4v) is 4.65. The molecular weight excluding hydrogens is 324 g/mol. The number of aryl methyl sites for hydroxylation is 5. The van der Waals surface area contributed by atoms with Crippen LogP contribution in [0.4, 0.5) is 5.69 Å².